The summed E-state index contributed by atoms with van der Waals surface area (Å²) in [5.41, 5.74) is 6.99. The highest BCUT2D eigenvalue weighted by Gasteiger charge is 2.44. The monoisotopic (exact) mass is 531 g/mol. The van der Waals surface area contributed by atoms with Crippen LogP contribution in [-0.4, -0.2) is 106 Å². The molecule has 2 aliphatic rings. The second-order valence-corrected chi connectivity index (χ2v) is 9.22. The number of aliphatic carboxylic acids is 1. The Morgan fingerprint density at radius 1 is 1.32 bits per heavy atom. The van der Waals surface area contributed by atoms with Gasteiger partial charge in [-0.3, -0.25) is 0 Å². The van der Waals surface area contributed by atoms with E-state index in [2.05, 4.69) is 15.5 Å². The number of hydrogen-bond donors (Lipinski definition) is 6. The van der Waals surface area contributed by atoms with Gasteiger partial charge in [-0.25, -0.2) is 14.9 Å². The Hall–Kier alpha value is -2.79. The summed E-state index contributed by atoms with van der Waals surface area (Å²) in [7, 11) is 0. The van der Waals surface area contributed by atoms with E-state index in [1.54, 1.807) is 4.90 Å². The minimum atomic E-state index is -1.48. The van der Waals surface area contributed by atoms with Crippen molar-refractivity contribution in [3.63, 3.8) is 0 Å². The average Bonchev–Trinajstić information content (AvgIpc) is 3.09. The fourth-order valence-corrected chi connectivity index (χ4v) is 4.35. The normalized spacial score (nSPS) is 27.0. The number of fused-ring (bicyclic) bond motifs is 1. The molecule has 2 unspecified atom stereocenters. The van der Waals surface area contributed by atoms with E-state index in [1.807, 2.05) is 6.92 Å². The maximum Gasteiger partial charge on any atom is 0.376 e. The number of carboxylic acid groups (broad SMARTS) is 1. The molecule has 16 heteroatoms. The number of nitrogens with zero attached hydrogens (tertiary/aromatic N) is 4. The summed E-state index contributed by atoms with van der Waals surface area (Å²) in [4.78, 5) is 39.7. The first-order chi connectivity index (χ1) is 17.6. The van der Waals surface area contributed by atoms with E-state index >= 15 is 0 Å². The Morgan fingerprint density at radius 2 is 2.05 bits per heavy atom. The SMILES string of the molecule is CCCOC(=O)[C@H](CCCNC1N=C2[C@@H](C[C@H](O)[C@H](O)CN2CCCC[C@@H](C(=O)O)[N+](=N)[O-])[NH+]1[O-])N=O. The van der Waals surface area contributed by atoms with Crippen LogP contribution in [-0.2, 0) is 14.3 Å². The highest BCUT2D eigenvalue weighted by Crippen LogP contribution is 2.18. The van der Waals surface area contributed by atoms with Crippen molar-refractivity contribution in [3.05, 3.63) is 15.3 Å². The number of aliphatic hydroxyl groups is 2. The number of hydroxylamine groups is 3. The van der Waals surface area contributed by atoms with E-state index in [0.29, 0.717) is 38.1 Å². The Balaban J connectivity index is 1.95. The molecule has 6 N–H and O–H groups in total. The maximum absolute atomic E-state index is 13.0. The van der Waals surface area contributed by atoms with Crippen molar-refractivity contribution in [2.75, 3.05) is 26.2 Å². The molecule has 7 atom stereocenters. The molecule has 210 valence electrons. The average molecular weight is 532 g/mol. The third-order valence-corrected chi connectivity index (χ3v) is 6.40. The molecule has 0 aliphatic carbocycles. The van der Waals surface area contributed by atoms with Crippen LogP contribution in [0.3, 0.4) is 0 Å². The molecule has 0 aromatic rings. The molecule has 0 amide bonds. The number of hydrogen-bond acceptors (Lipinski definition) is 13. The number of β-amino-alcohol motifs (C(OH)–C–C–N with tert-alkyl or cyclic N) is 1. The number of amidine groups is 1. The predicted molar refractivity (Wildman–Crippen MR) is 127 cm³/mol. The molecule has 2 aliphatic heterocycles. The summed E-state index contributed by atoms with van der Waals surface area (Å²) >= 11 is 0. The zero-order chi connectivity index (χ0) is 27.5. The highest BCUT2D eigenvalue weighted by molar-refractivity contribution is 5.88. The van der Waals surface area contributed by atoms with Gasteiger partial charge in [0.1, 0.15) is 0 Å². The van der Waals surface area contributed by atoms with E-state index < -0.39 is 48.6 Å². The van der Waals surface area contributed by atoms with Crippen LogP contribution in [0.5, 0.6) is 0 Å². The van der Waals surface area contributed by atoms with Gasteiger partial charge in [-0.1, -0.05) is 17.0 Å². The standard InChI is InChI=1S/C21H37N7O9/c1-2-10-37-20(33)13(25-34)6-5-8-23-21-24-18-15(27(21)35)11-16(29)17(30)12-26(18)9-4-3-7-14(19(31)32)28(22)36/h13-17,21-23,27,29-30H,2-12H2,1H3,(H,31,32)/t13-,14-,15+,16-,17+,21?/m0/s1. The lowest BCUT2D eigenvalue weighted by atomic mass is 10.1. The van der Waals surface area contributed by atoms with Crippen molar-refractivity contribution in [3.8, 4) is 0 Å². The number of esters is 1. The van der Waals surface area contributed by atoms with E-state index in [0.717, 1.165) is 0 Å². The molecule has 0 aromatic heterocycles. The van der Waals surface area contributed by atoms with Crippen molar-refractivity contribution >= 4 is 17.8 Å². The number of likely N-dealkylation sites (tertiary alicyclic amines) is 1. The lowest BCUT2D eigenvalue weighted by Gasteiger charge is -2.31. The van der Waals surface area contributed by atoms with Crippen LogP contribution in [0.2, 0.25) is 0 Å². The fourth-order valence-electron chi connectivity index (χ4n) is 4.35. The molecule has 0 spiro atoms. The molecule has 16 nitrogen and oxygen atoms in total. The number of aliphatic hydroxyl groups excluding tert-OH is 2. The first-order valence-corrected chi connectivity index (χ1v) is 12.5. The summed E-state index contributed by atoms with van der Waals surface area (Å²) in [6, 6.07) is -3.34. The van der Waals surface area contributed by atoms with Gasteiger partial charge in [-0.05, 0) is 37.6 Å². The van der Waals surface area contributed by atoms with Crippen molar-refractivity contribution in [2.45, 2.75) is 88.5 Å². The number of carbonyl (C=O) groups excluding carboxylic acids is 1. The van der Waals surface area contributed by atoms with Crippen LogP contribution < -0.4 is 10.4 Å². The number of rotatable bonds is 16. The smallest absolute Gasteiger partial charge is 0.376 e. The third kappa shape index (κ3) is 8.63. The van der Waals surface area contributed by atoms with E-state index in [-0.39, 0.29) is 48.9 Å². The van der Waals surface area contributed by atoms with Gasteiger partial charge in [0.2, 0.25) is 6.29 Å². The first-order valence-electron chi connectivity index (χ1n) is 12.5. The number of aliphatic imine (C=N–C) groups is 1. The lowest BCUT2D eigenvalue weighted by molar-refractivity contribution is -0.888. The number of carboxylic acids is 1. The van der Waals surface area contributed by atoms with Crippen LogP contribution in [0, 0.1) is 20.9 Å². The Labute approximate surface area is 213 Å². The van der Waals surface area contributed by atoms with Gasteiger partial charge in [0.25, 0.3) is 6.04 Å². The molecule has 37 heavy (non-hydrogen) atoms. The molecular weight excluding hydrogens is 494 g/mol. The highest BCUT2D eigenvalue weighted by atomic mass is 16.5. The largest absolute Gasteiger partial charge is 0.631 e. The number of nitrogens with one attached hydrogen (secondary N) is 3. The van der Waals surface area contributed by atoms with Crippen molar-refractivity contribution in [1.82, 2.24) is 10.2 Å². The fraction of sp³-hybridized carbons (Fsp3) is 0.857. The van der Waals surface area contributed by atoms with Crippen molar-refractivity contribution in [2.24, 2.45) is 10.2 Å². The zero-order valence-corrected chi connectivity index (χ0v) is 20.8. The van der Waals surface area contributed by atoms with Gasteiger partial charge in [0, 0.05) is 32.5 Å². The molecule has 1 fully saturated rings. The van der Waals surface area contributed by atoms with E-state index in [9.17, 15) is 35.1 Å². The third-order valence-electron chi connectivity index (χ3n) is 6.40. The number of nitroso groups, excluding NO2 is 1. The summed E-state index contributed by atoms with van der Waals surface area (Å²) in [5.74, 6) is -1.65. The summed E-state index contributed by atoms with van der Waals surface area (Å²) in [5, 5.41) is 59.2. The summed E-state index contributed by atoms with van der Waals surface area (Å²) in [6.07, 6.45) is -1.33. The Kier molecular flexibility index (Phi) is 12.2. The lowest BCUT2D eigenvalue weighted by Crippen LogP contribution is -3.15. The van der Waals surface area contributed by atoms with E-state index in [4.69, 9.17) is 15.4 Å². The second kappa shape index (κ2) is 14.8. The van der Waals surface area contributed by atoms with Gasteiger partial charge in [0.15, 0.2) is 17.9 Å². The van der Waals surface area contributed by atoms with Gasteiger partial charge in [-0.15, -0.1) is 4.91 Å². The van der Waals surface area contributed by atoms with Crippen LogP contribution in [0.25, 0.3) is 0 Å². The molecule has 0 bridgehead atoms. The van der Waals surface area contributed by atoms with Crippen molar-refractivity contribution < 1.29 is 39.6 Å². The zero-order valence-electron chi connectivity index (χ0n) is 20.8. The minimum Gasteiger partial charge on any atom is -0.631 e. The molecule has 0 aromatic carbocycles. The van der Waals surface area contributed by atoms with E-state index in [1.165, 1.54) is 0 Å². The number of carbonyl (C=O) groups is 2. The summed E-state index contributed by atoms with van der Waals surface area (Å²) < 4.78 is 4.94. The topological polar surface area (TPSA) is 239 Å². The minimum absolute atomic E-state index is 0.00100. The molecule has 0 saturated carbocycles. The quantitative estimate of drug-likeness (QED) is 0.0254. The van der Waals surface area contributed by atoms with Crippen molar-refractivity contribution in [1.29, 1.82) is 5.53 Å². The molecule has 2 heterocycles. The maximum atomic E-state index is 13.0. The predicted octanol–water partition coefficient (Wildman–Crippen LogP) is -1.52. The Morgan fingerprint density at radius 3 is 2.68 bits per heavy atom. The van der Waals surface area contributed by atoms with Gasteiger partial charge in [-0.2, -0.15) is 4.99 Å². The number of unbranched alkanes of at least 4 members (excludes halogenated alkanes) is 1. The molecule has 1 saturated heterocycles. The Bertz CT molecular complexity index is 816. The van der Waals surface area contributed by atoms with Gasteiger partial charge >= 0.3 is 11.9 Å². The van der Waals surface area contributed by atoms with Crippen LogP contribution in [0.4, 0.5) is 0 Å². The van der Waals surface area contributed by atoms with Gasteiger partial charge < -0.3 is 40.4 Å². The second-order valence-electron chi connectivity index (χ2n) is 9.22. The first kappa shape index (κ1) is 30.4. The van der Waals surface area contributed by atoms with Crippen LogP contribution in [0.15, 0.2) is 10.2 Å². The number of ether oxygens (including phenoxy) is 1. The molecule has 0 radical (unpaired) electrons. The van der Waals surface area contributed by atoms with Crippen LogP contribution >= 0.6 is 0 Å². The molecule has 2 rings (SSSR count). The molecular formula is C21H37N7O9. The van der Waals surface area contributed by atoms with Crippen LogP contribution in [0.1, 0.15) is 51.9 Å². The number of quaternary nitrogens is 1. The van der Waals surface area contributed by atoms with Gasteiger partial charge in [0.05, 0.1) is 18.8 Å². The summed E-state index contributed by atoms with van der Waals surface area (Å²) in [6.45, 7) is 2.63.